The minimum Gasteiger partial charge on any atom is -0.393 e. The zero-order chi connectivity index (χ0) is 13.7. The predicted molar refractivity (Wildman–Crippen MR) is 85.3 cm³/mol. The summed E-state index contributed by atoms with van der Waals surface area (Å²) in [6.07, 6.45) is 3.80. The van der Waals surface area contributed by atoms with Crippen molar-refractivity contribution in [2.24, 2.45) is 17.6 Å². The van der Waals surface area contributed by atoms with E-state index in [1.165, 1.54) is 37.9 Å². The van der Waals surface area contributed by atoms with E-state index in [1.807, 2.05) is 0 Å². The van der Waals surface area contributed by atoms with Crippen LogP contribution in [0.15, 0.2) is 30.3 Å². The fourth-order valence-electron chi connectivity index (χ4n) is 2.80. The highest BCUT2D eigenvalue weighted by atomic mass is 32.1. The molecule has 1 aromatic carbocycles. The largest absolute Gasteiger partial charge is 0.393 e. The van der Waals surface area contributed by atoms with Crippen LogP contribution in [-0.2, 0) is 6.42 Å². The first-order chi connectivity index (χ1) is 9.15. The number of rotatable bonds is 5. The van der Waals surface area contributed by atoms with Gasteiger partial charge in [-0.15, -0.1) is 0 Å². The average molecular weight is 276 g/mol. The fraction of sp³-hybridized carbons (Fsp3) is 0.562. The van der Waals surface area contributed by atoms with Gasteiger partial charge in [0.25, 0.3) is 0 Å². The lowest BCUT2D eigenvalue weighted by atomic mass is 9.90. The second-order valence-corrected chi connectivity index (χ2v) is 6.21. The van der Waals surface area contributed by atoms with E-state index in [0.717, 1.165) is 12.5 Å². The van der Waals surface area contributed by atoms with Crippen LogP contribution in [0.5, 0.6) is 0 Å². The first-order valence-corrected chi connectivity index (χ1v) is 7.61. The second kappa shape index (κ2) is 7.01. The van der Waals surface area contributed by atoms with Crippen molar-refractivity contribution in [2.75, 3.05) is 19.6 Å². The topological polar surface area (TPSA) is 29.3 Å². The molecule has 1 saturated heterocycles. The van der Waals surface area contributed by atoms with Gasteiger partial charge in [-0.3, -0.25) is 0 Å². The molecular weight excluding hydrogens is 252 g/mol. The maximum absolute atomic E-state index is 5.69. The summed E-state index contributed by atoms with van der Waals surface area (Å²) in [5.74, 6) is 1.17. The molecular formula is C16H24N2S. The summed E-state index contributed by atoms with van der Waals surface area (Å²) >= 11 is 5.05. The molecule has 0 aliphatic carbocycles. The minimum absolute atomic E-state index is 0.334. The molecule has 1 aliphatic rings. The Morgan fingerprint density at radius 1 is 1.32 bits per heavy atom. The van der Waals surface area contributed by atoms with E-state index < -0.39 is 0 Å². The lowest BCUT2D eigenvalue weighted by Crippen LogP contribution is -2.39. The van der Waals surface area contributed by atoms with Crippen LogP contribution in [0.1, 0.15) is 25.3 Å². The van der Waals surface area contributed by atoms with Gasteiger partial charge in [-0.1, -0.05) is 49.5 Å². The van der Waals surface area contributed by atoms with Crippen molar-refractivity contribution >= 4 is 17.2 Å². The van der Waals surface area contributed by atoms with Crippen LogP contribution < -0.4 is 5.73 Å². The van der Waals surface area contributed by atoms with Gasteiger partial charge in [-0.05, 0) is 43.8 Å². The van der Waals surface area contributed by atoms with E-state index in [9.17, 15) is 0 Å². The fourth-order valence-corrected chi connectivity index (χ4v) is 2.87. The first-order valence-electron chi connectivity index (χ1n) is 7.20. The molecule has 19 heavy (non-hydrogen) atoms. The van der Waals surface area contributed by atoms with Crippen molar-refractivity contribution in [1.82, 2.24) is 4.90 Å². The smallest absolute Gasteiger partial charge is 0.0768 e. The number of hydrogen-bond acceptors (Lipinski definition) is 2. The molecule has 3 heteroatoms. The van der Waals surface area contributed by atoms with Gasteiger partial charge < -0.3 is 10.6 Å². The molecule has 104 valence electrons. The maximum Gasteiger partial charge on any atom is 0.0768 e. The molecule has 0 radical (unpaired) electrons. The SMILES string of the molecule is CC(CN1CCC(Cc2ccccc2)CC1)C(N)=S. The third-order valence-corrected chi connectivity index (χ3v) is 4.49. The normalized spacial score (nSPS) is 19.2. The number of likely N-dealkylation sites (tertiary alicyclic amines) is 1. The third kappa shape index (κ3) is 4.59. The molecule has 1 heterocycles. The third-order valence-electron chi connectivity index (χ3n) is 4.09. The van der Waals surface area contributed by atoms with Gasteiger partial charge in [0.2, 0.25) is 0 Å². The van der Waals surface area contributed by atoms with Gasteiger partial charge in [0.15, 0.2) is 0 Å². The van der Waals surface area contributed by atoms with Gasteiger partial charge >= 0.3 is 0 Å². The highest BCUT2D eigenvalue weighted by molar-refractivity contribution is 7.80. The van der Waals surface area contributed by atoms with Crippen molar-refractivity contribution in [1.29, 1.82) is 0 Å². The van der Waals surface area contributed by atoms with Crippen molar-refractivity contribution in [3.05, 3.63) is 35.9 Å². The predicted octanol–water partition coefficient (Wildman–Crippen LogP) is 2.86. The highest BCUT2D eigenvalue weighted by Gasteiger charge is 2.21. The van der Waals surface area contributed by atoms with E-state index in [2.05, 4.69) is 42.2 Å². The molecule has 1 unspecified atom stereocenters. The van der Waals surface area contributed by atoms with Crippen LogP contribution in [0.25, 0.3) is 0 Å². The molecule has 0 spiro atoms. The highest BCUT2D eigenvalue weighted by Crippen LogP contribution is 2.22. The van der Waals surface area contributed by atoms with Gasteiger partial charge in [0.05, 0.1) is 4.99 Å². The average Bonchev–Trinajstić information content (AvgIpc) is 2.42. The summed E-state index contributed by atoms with van der Waals surface area (Å²) in [7, 11) is 0. The maximum atomic E-state index is 5.69. The zero-order valence-corrected chi connectivity index (χ0v) is 12.5. The number of benzene rings is 1. The number of thiocarbonyl (C=S) groups is 1. The Hall–Kier alpha value is -0.930. The van der Waals surface area contributed by atoms with Crippen LogP contribution >= 0.6 is 12.2 Å². The number of hydrogen-bond donors (Lipinski definition) is 1. The van der Waals surface area contributed by atoms with Crippen molar-refractivity contribution < 1.29 is 0 Å². The number of nitrogens with two attached hydrogens (primary N) is 1. The summed E-state index contributed by atoms with van der Waals surface area (Å²) in [4.78, 5) is 3.15. The molecule has 2 rings (SSSR count). The zero-order valence-electron chi connectivity index (χ0n) is 11.7. The Balaban J connectivity index is 1.75. The van der Waals surface area contributed by atoms with Gasteiger partial charge in [0.1, 0.15) is 0 Å². The molecule has 1 aliphatic heterocycles. The van der Waals surface area contributed by atoms with E-state index >= 15 is 0 Å². The Morgan fingerprint density at radius 2 is 1.95 bits per heavy atom. The van der Waals surface area contributed by atoms with Gasteiger partial charge in [-0.25, -0.2) is 0 Å². The van der Waals surface area contributed by atoms with Crippen molar-refractivity contribution in [3.8, 4) is 0 Å². The Kier molecular flexibility index (Phi) is 5.34. The molecule has 0 amide bonds. The van der Waals surface area contributed by atoms with Gasteiger partial charge in [-0.2, -0.15) is 0 Å². The van der Waals surface area contributed by atoms with Crippen LogP contribution in [0.3, 0.4) is 0 Å². The van der Waals surface area contributed by atoms with Crippen LogP contribution in [0.2, 0.25) is 0 Å². The summed E-state index contributed by atoms with van der Waals surface area (Å²) in [6, 6.07) is 10.8. The molecule has 2 N–H and O–H groups in total. The summed E-state index contributed by atoms with van der Waals surface area (Å²) in [5.41, 5.74) is 7.16. The van der Waals surface area contributed by atoms with E-state index in [0.29, 0.717) is 10.9 Å². The minimum atomic E-state index is 0.334. The summed E-state index contributed by atoms with van der Waals surface area (Å²) < 4.78 is 0. The lowest BCUT2D eigenvalue weighted by molar-refractivity contribution is 0.175. The number of nitrogens with zero attached hydrogens (tertiary/aromatic N) is 1. The molecule has 0 aromatic heterocycles. The first kappa shape index (κ1) is 14.5. The molecule has 0 bridgehead atoms. The van der Waals surface area contributed by atoms with Crippen LogP contribution in [-0.4, -0.2) is 29.5 Å². The summed E-state index contributed by atoms with van der Waals surface area (Å²) in [5, 5.41) is 0. The molecule has 1 atom stereocenters. The molecule has 1 fully saturated rings. The summed E-state index contributed by atoms with van der Waals surface area (Å²) in [6.45, 7) is 5.51. The van der Waals surface area contributed by atoms with Crippen molar-refractivity contribution in [3.63, 3.8) is 0 Å². The van der Waals surface area contributed by atoms with Gasteiger partial charge in [0, 0.05) is 12.5 Å². The quantitative estimate of drug-likeness (QED) is 0.839. The van der Waals surface area contributed by atoms with Crippen LogP contribution in [0.4, 0.5) is 0 Å². The lowest BCUT2D eigenvalue weighted by Gasteiger charge is -2.33. The Morgan fingerprint density at radius 3 is 2.53 bits per heavy atom. The van der Waals surface area contributed by atoms with Crippen molar-refractivity contribution in [2.45, 2.75) is 26.2 Å². The van der Waals surface area contributed by atoms with Crippen LogP contribution in [0, 0.1) is 11.8 Å². The Bertz CT molecular complexity index is 396. The van der Waals surface area contributed by atoms with E-state index in [4.69, 9.17) is 18.0 Å². The Labute approximate surface area is 122 Å². The molecule has 1 aromatic rings. The van der Waals surface area contributed by atoms with E-state index in [-0.39, 0.29) is 0 Å². The number of piperidine rings is 1. The standard InChI is InChI=1S/C16H24N2S/c1-13(16(17)19)12-18-9-7-15(8-10-18)11-14-5-3-2-4-6-14/h2-6,13,15H,7-12H2,1H3,(H2,17,19). The molecule has 2 nitrogen and oxygen atoms in total. The molecule has 0 saturated carbocycles. The second-order valence-electron chi connectivity index (χ2n) is 5.74. The monoisotopic (exact) mass is 276 g/mol. The van der Waals surface area contributed by atoms with E-state index in [1.54, 1.807) is 0 Å².